The zero-order chi connectivity index (χ0) is 14.4. The van der Waals surface area contributed by atoms with Crippen molar-refractivity contribution in [3.63, 3.8) is 0 Å². The third kappa shape index (κ3) is 3.24. The molecule has 1 aliphatic rings. The molecule has 0 amide bonds. The van der Waals surface area contributed by atoms with E-state index in [0.717, 1.165) is 13.1 Å². The summed E-state index contributed by atoms with van der Waals surface area (Å²) in [6.07, 6.45) is 5.01. The lowest BCUT2D eigenvalue weighted by molar-refractivity contribution is 0.0716. The molecule has 2 nitrogen and oxygen atoms in total. The molecular weight excluding hydrogens is 244 g/mol. The summed E-state index contributed by atoms with van der Waals surface area (Å²) in [5.74, 6) is 0. The van der Waals surface area contributed by atoms with Gasteiger partial charge in [-0.3, -0.25) is 4.90 Å². The van der Waals surface area contributed by atoms with Crippen LogP contribution in [0.25, 0.3) is 0 Å². The Hall–Kier alpha value is -0.860. The first-order chi connectivity index (χ1) is 9.75. The first-order valence-electron chi connectivity index (χ1n) is 8.29. The molecule has 1 heterocycles. The van der Waals surface area contributed by atoms with Gasteiger partial charge >= 0.3 is 0 Å². The quantitative estimate of drug-likeness (QED) is 0.873. The van der Waals surface area contributed by atoms with Crippen molar-refractivity contribution < 1.29 is 0 Å². The average molecular weight is 274 g/mol. The predicted octanol–water partition coefficient (Wildman–Crippen LogP) is 3.99. The summed E-state index contributed by atoms with van der Waals surface area (Å²) >= 11 is 0. The van der Waals surface area contributed by atoms with Crippen LogP contribution in [-0.2, 0) is 0 Å². The lowest BCUT2D eigenvalue weighted by atomic mass is 9.87. The van der Waals surface area contributed by atoms with E-state index in [4.69, 9.17) is 0 Å². The minimum atomic E-state index is 0.388. The van der Waals surface area contributed by atoms with Crippen LogP contribution in [0, 0.1) is 0 Å². The summed E-state index contributed by atoms with van der Waals surface area (Å²) in [6, 6.07) is 11.4. The van der Waals surface area contributed by atoms with Crippen molar-refractivity contribution in [3.05, 3.63) is 35.9 Å². The van der Waals surface area contributed by atoms with Crippen LogP contribution >= 0.6 is 0 Å². The molecule has 1 N–H and O–H groups in total. The molecule has 20 heavy (non-hydrogen) atoms. The SMILES string of the molecule is CCC(CC)(CC)N1CCCNC(c2ccccc2)C1. The molecule has 1 aromatic rings. The van der Waals surface area contributed by atoms with Gasteiger partial charge in [-0.05, 0) is 44.3 Å². The first kappa shape index (κ1) is 15.5. The van der Waals surface area contributed by atoms with Crippen molar-refractivity contribution in [2.75, 3.05) is 19.6 Å². The second-order valence-corrected chi connectivity index (χ2v) is 6.00. The number of hydrogen-bond acceptors (Lipinski definition) is 2. The van der Waals surface area contributed by atoms with Gasteiger partial charge < -0.3 is 5.32 Å². The van der Waals surface area contributed by atoms with Crippen LogP contribution in [0.2, 0.25) is 0 Å². The molecule has 112 valence electrons. The van der Waals surface area contributed by atoms with Gasteiger partial charge in [0.05, 0.1) is 0 Å². The molecule has 1 unspecified atom stereocenters. The smallest absolute Gasteiger partial charge is 0.0449 e. The van der Waals surface area contributed by atoms with E-state index in [1.54, 1.807) is 0 Å². The fourth-order valence-corrected chi connectivity index (χ4v) is 3.68. The molecule has 0 aromatic heterocycles. The number of rotatable bonds is 5. The molecule has 0 bridgehead atoms. The zero-order valence-corrected chi connectivity index (χ0v) is 13.4. The summed E-state index contributed by atoms with van der Waals surface area (Å²) in [6.45, 7) is 10.5. The molecule has 0 aliphatic carbocycles. The standard InChI is InChI=1S/C18H30N2/c1-4-18(5-2,6-3)20-14-10-13-19-17(15-20)16-11-8-7-9-12-16/h7-9,11-12,17,19H,4-6,10,13-15H2,1-3H3. The Morgan fingerprint density at radius 1 is 1.10 bits per heavy atom. The second-order valence-electron chi connectivity index (χ2n) is 6.00. The van der Waals surface area contributed by atoms with Crippen LogP contribution in [0.4, 0.5) is 0 Å². The fourth-order valence-electron chi connectivity index (χ4n) is 3.68. The lowest BCUT2D eigenvalue weighted by Crippen LogP contribution is -2.49. The van der Waals surface area contributed by atoms with Crippen LogP contribution in [0.5, 0.6) is 0 Å². The summed E-state index contributed by atoms with van der Waals surface area (Å²) in [7, 11) is 0. The Kier molecular flexibility index (Phi) is 5.62. The van der Waals surface area contributed by atoms with E-state index in [0.29, 0.717) is 11.6 Å². The van der Waals surface area contributed by atoms with Gasteiger partial charge in [-0.25, -0.2) is 0 Å². The van der Waals surface area contributed by atoms with Gasteiger partial charge in [0.2, 0.25) is 0 Å². The zero-order valence-electron chi connectivity index (χ0n) is 13.4. The Morgan fingerprint density at radius 2 is 1.75 bits per heavy atom. The van der Waals surface area contributed by atoms with E-state index in [1.165, 1.54) is 37.8 Å². The van der Waals surface area contributed by atoms with Crippen LogP contribution in [-0.4, -0.2) is 30.1 Å². The van der Waals surface area contributed by atoms with Crippen molar-refractivity contribution in [3.8, 4) is 0 Å². The first-order valence-corrected chi connectivity index (χ1v) is 8.29. The highest BCUT2D eigenvalue weighted by Crippen LogP contribution is 2.31. The Bertz CT molecular complexity index is 375. The monoisotopic (exact) mass is 274 g/mol. The maximum Gasteiger partial charge on any atom is 0.0449 e. The van der Waals surface area contributed by atoms with Gasteiger partial charge in [-0.2, -0.15) is 0 Å². The molecule has 1 aliphatic heterocycles. The normalized spacial score (nSPS) is 21.6. The Labute approximate surface area is 124 Å². The van der Waals surface area contributed by atoms with Gasteiger partial charge in [0.25, 0.3) is 0 Å². The molecule has 1 fully saturated rings. The molecule has 0 spiro atoms. The van der Waals surface area contributed by atoms with E-state index < -0.39 is 0 Å². The molecule has 1 saturated heterocycles. The third-order valence-electron chi connectivity index (χ3n) is 5.25. The van der Waals surface area contributed by atoms with Gasteiger partial charge in [0.15, 0.2) is 0 Å². The second kappa shape index (κ2) is 7.24. The lowest BCUT2D eigenvalue weighted by Gasteiger charge is -2.43. The third-order valence-corrected chi connectivity index (χ3v) is 5.25. The highest BCUT2D eigenvalue weighted by molar-refractivity contribution is 5.19. The molecule has 1 aromatic carbocycles. The Morgan fingerprint density at radius 3 is 2.35 bits per heavy atom. The number of benzene rings is 1. The molecule has 0 radical (unpaired) electrons. The Balaban J connectivity index is 2.18. The summed E-state index contributed by atoms with van der Waals surface area (Å²) in [5.41, 5.74) is 1.82. The van der Waals surface area contributed by atoms with Gasteiger partial charge in [0.1, 0.15) is 0 Å². The molecule has 1 atom stereocenters. The molecule has 2 rings (SSSR count). The van der Waals surface area contributed by atoms with Crippen LogP contribution in [0.1, 0.15) is 58.1 Å². The van der Waals surface area contributed by atoms with Crippen LogP contribution in [0.3, 0.4) is 0 Å². The van der Waals surface area contributed by atoms with Crippen molar-refractivity contribution >= 4 is 0 Å². The maximum absolute atomic E-state index is 3.73. The highest BCUT2D eigenvalue weighted by atomic mass is 15.2. The predicted molar refractivity (Wildman–Crippen MR) is 87.0 cm³/mol. The van der Waals surface area contributed by atoms with E-state index >= 15 is 0 Å². The summed E-state index contributed by atoms with van der Waals surface area (Å²) in [5, 5.41) is 3.73. The largest absolute Gasteiger partial charge is 0.309 e. The van der Waals surface area contributed by atoms with Gasteiger partial charge in [-0.15, -0.1) is 0 Å². The van der Waals surface area contributed by atoms with Crippen molar-refractivity contribution in [2.45, 2.75) is 58.0 Å². The minimum absolute atomic E-state index is 0.388. The van der Waals surface area contributed by atoms with Crippen molar-refractivity contribution in [2.24, 2.45) is 0 Å². The van der Waals surface area contributed by atoms with Gasteiger partial charge in [-0.1, -0.05) is 51.1 Å². The molecule has 2 heteroatoms. The van der Waals surface area contributed by atoms with E-state index in [2.05, 4.69) is 61.3 Å². The number of hydrogen-bond donors (Lipinski definition) is 1. The highest BCUT2D eigenvalue weighted by Gasteiger charge is 2.34. The average Bonchev–Trinajstić information content (AvgIpc) is 2.77. The summed E-state index contributed by atoms with van der Waals surface area (Å²) in [4.78, 5) is 2.75. The van der Waals surface area contributed by atoms with Crippen molar-refractivity contribution in [1.82, 2.24) is 10.2 Å². The number of nitrogens with zero attached hydrogens (tertiary/aromatic N) is 1. The van der Waals surface area contributed by atoms with E-state index in [1.807, 2.05) is 0 Å². The maximum atomic E-state index is 3.73. The fraction of sp³-hybridized carbons (Fsp3) is 0.667. The van der Waals surface area contributed by atoms with Crippen molar-refractivity contribution in [1.29, 1.82) is 0 Å². The van der Waals surface area contributed by atoms with Gasteiger partial charge in [0, 0.05) is 18.1 Å². The van der Waals surface area contributed by atoms with Crippen LogP contribution < -0.4 is 5.32 Å². The van der Waals surface area contributed by atoms with E-state index in [9.17, 15) is 0 Å². The van der Waals surface area contributed by atoms with Crippen LogP contribution in [0.15, 0.2) is 30.3 Å². The summed E-state index contributed by atoms with van der Waals surface area (Å²) < 4.78 is 0. The number of nitrogens with one attached hydrogen (secondary N) is 1. The minimum Gasteiger partial charge on any atom is -0.309 e. The molecular formula is C18H30N2. The molecule has 0 saturated carbocycles. The topological polar surface area (TPSA) is 15.3 Å². The van der Waals surface area contributed by atoms with E-state index in [-0.39, 0.29) is 0 Å².